The fourth-order valence-electron chi connectivity index (χ4n) is 0.936. The lowest BCUT2D eigenvalue weighted by atomic mass is 10.3. The summed E-state index contributed by atoms with van der Waals surface area (Å²) < 4.78 is 38.3. The maximum atomic E-state index is 11.6. The van der Waals surface area contributed by atoms with Gasteiger partial charge in [0.25, 0.3) is 0 Å². The number of alkyl halides is 3. The van der Waals surface area contributed by atoms with Gasteiger partial charge in [-0.1, -0.05) is 6.92 Å². The van der Waals surface area contributed by atoms with Gasteiger partial charge in [-0.05, 0) is 13.3 Å². The molecule has 0 aliphatic heterocycles. The van der Waals surface area contributed by atoms with Crippen LogP contribution in [0.2, 0.25) is 0 Å². The first-order valence-corrected chi connectivity index (χ1v) is 5.08. The van der Waals surface area contributed by atoms with Crippen molar-refractivity contribution in [3.05, 3.63) is 0 Å². The van der Waals surface area contributed by atoms with Crippen molar-refractivity contribution in [1.29, 1.82) is 0 Å². The number of rotatable bonds is 7. The smallest absolute Gasteiger partial charge is 0.355 e. The normalized spacial score (nSPS) is 13.6. The summed E-state index contributed by atoms with van der Waals surface area (Å²) in [6.45, 7) is 3.52. The molecule has 0 radical (unpaired) electrons. The van der Waals surface area contributed by atoms with Crippen LogP contribution in [-0.2, 0) is 9.53 Å². The van der Waals surface area contributed by atoms with Gasteiger partial charge >= 0.3 is 6.36 Å². The number of hydrogen-bond donors (Lipinski definition) is 2. The molecule has 0 bridgehead atoms. The Morgan fingerprint density at radius 3 is 2.50 bits per heavy atom. The topological polar surface area (TPSA) is 50.4 Å². The minimum Gasteiger partial charge on any atom is -0.355 e. The van der Waals surface area contributed by atoms with Crippen LogP contribution >= 0.6 is 0 Å². The van der Waals surface area contributed by atoms with Crippen LogP contribution in [0.3, 0.4) is 0 Å². The molecule has 0 heterocycles. The minimum atomic E-state index is -4.62. The standard InChI is InChI=1S/C9H17F3N2O2/c1-3-4-14-8(15)7(2)13-5-6-16-9(10,11)12/h7,13H,3-6H2,1-2H3,(H,14,15). The highest BCUT2D eigenvalue weighted by Crippen LogP contribution is 2.15. The molecule has 0 aliphatic rings. The van der Waals surface area contributed by atoms with Crippen molar-refractivity contribution in [2.45, 2.75) is 32.7 Å². The van der Waals surface area contributed by atoms with Crippen molar-refractivity contribution >= 4 is 5.91 Å². The van der Waals surface area contributed by atoms with E-state index in [-0.39, 0.29) is 12.5 Å². The predicted octanol–water partition coefficient (Wildman–Crippen LogP) is 1.03. The first kappa shape index (κ1) is 15.2. The number of carbonyl (C=O) groups is 1. The Kier molecular flexibility index (Phi) is 7.07. The van der Waals surface area contributed by atoms with E-state index in [1.807, 2.05) is 6.92 Å². The summed E-state index contributed by atoms with van der Waals surface area (Å²) in [5.41, 5.74) is 0. The zero-order chi connectivity index (χ0) is 12.6. The maximum absolute atomic E-state index is 11.6. The molecule has 7 heteroatoms. The van der Waals surface area contributed by atoms with E-state index in [2.05, 4.69) is 15.4 Å². The van der Waals surface area contributed by atoms with Crippen LogP contribution in [0.25, 0.3) is 0 Å². The van der Waals surface area contributed by atoms with Crippen LogP contribution in [0.5, 0.6) is 0 Å². The van der Waals surface area contributed by atoms with Crippen LogP contribution in [0.4, 0.5) is 13.2 Å². The summed E-state index contributed by atoms with van der Waals surface area (Å²) in [6.07, 6.45) is -3.80. The van der Waals surface area contributed by atoms with Gasteiger partial charge in [-0.15, -0.1) is 13.2 Å². The van der Waals surface area contributed by atoms with E-state index >= 15 is 0 Å². The third-order valence-corrected chi connectivity index (χ3v) is 1.76. The molecule has 0 aromatic carbocycles. The summed E-state index contributed by atoms with van der Waals surface area (Å²) in [6, 6.07) is -0.525. The number of ether oxygens (including phenoxy) is 1. The molecule has 0 aromatic heterocycles. The monoisotopic (exact) mass is 242 g/mol. The van der Waals surface area contributed by atoms with E-state index in [4.69, 9.17) is 0 Å². The lowest BCUT2D eigenvalue weighted by Gasteiger charge is -2.14. The quantitative estimate of drug-likeness (QED) is 0.655. The average molecular weight is 242 g/mol. The van der Waals surface area contributed by atoms with E-state index < -0.39 is 19.0 Å². The van der Waals surface area contributed by atoms with Crippen molar-refractivity contribution < 1.29 is 22.7 Å². The molecule has 1 atom stereocenters. The van der Waals surface area contributed by atoms with Gasteiger partial charge in [-0.2, -0.15) is 0 Å². The molecule has 16 heavy (non-hydrogen) atoms. The number of carbonyl (C=O) groups excluding carboxylic acids is 1. The van der Waals surface area contributed by atoms with E-state index in [9.17, 15) is 18.0 Å². The summed E-state index contributed by atoms with van der Waals surface area (Å²) in [5, 5.41) is 5.25. The molecular weight excluding hydrogens is 225 g/mol. The van der Waals surface area contributed by atoms with Gasteiger partial charge in [-0.25, -0.2) is 0 Å². The number of hydrogen-bond acceptors (Lipinski definition) is 3. The van der Waals surface area contributed by atoms with Gasteiger partial charge < -0.3 is 10.6 Å². The van der Waals surface area contributed by atoms with Gasteiger partial charge in [-0.3, -0.25) is 9.53 Å². The summed E-state index contributed by atoms with van der Waals surface area (Å²) >= 11 is 0. The molecule has 0 saturated carbocycles. The SMILES string of the molecule is CCCNC(=O)C(C)NCCOC(F)(F)F. The van der Waals surface area contributed by atoms with Crippen molar-refractivity contribution in [2.75, 3.05) is 19.7 Å². The van der Waals surface area contributed by atoms with Crippen LogP contribution < -0.4 is 10.6 Å². The van der Waals surface area contributed by atoms with E-state index in [0.29, 0.717) is 6.54 Å². The first-order valence-electron chi connectivity index (χ1n) is 5.08. The Balaban J connectivity index is 3.57. The Bertz CT molecular complexity index is 209. The maximum Gasteiger partial charge on any atom is 0.522 e. The molecule has 0 saturated heterocycles. The Morgan fingerprint density at radius 2 is 2.00 bits per heavy atom. The minimum absolute atomic E-state index is 0.0276. The second-order valence-electron chi connectivity index (χ2n) is 3.26. The zero-order valence-electron chi connectivity index (χ0n) is 9.36. The van der Waals surface area contributed by atoms with Crippen molar-refractivity contribution in [1.82, 2.24) is 10.6 Å². The van der Waals surface area contributed by atoms with Crippen LogP contribution in [0.1, 0.15) is 20.3 Å². The van der Waals surface area contributed by atoms with E-state index in [0.717, 1.165) is 6.42 Å². The van der Waals surface area contributed by atoms with Crippen molar-refractivity contribution in [2.24, 2.45) is 0 Å². The predicted molar refractivity (Wildman–Crippen MR) is 52.8 cm³/mol. The van der Waals surface area contributed by atoms with Crippen LogP contribution in [0.15, 0.2) is 0 Å². The molecule has 96 valence electrons. The number of nitrogens with one attached hydrogen (secondary N) is 2. The highest BCUT2D eigenvalue weighted by molar-refractivity contribution is 5.81. The third kappa shape index (κ3) is 8.49. The van der Waals surface area contributed by atoms with Crippen molar-refractivity contribution in [3.63, 3.8) is 0 Å². The molecule has 0 rings (SSSR count). The van der Waals surface area contributed by atoms with Gasteiger partial charge in [0.1, 0.15) is 0 Å². The molecule has 1 unspecified atom stereocenters. The van der Waals surface area contributed by atoms with Gasteiger partial charge in [0, 0.05) is 13.1 Å². The zero-order valence-corrected chi connectivity index (χ0v) is 9.36. The Labute approximate surface area is 92.5 Å². The Morgan fingerprint density at radius 1 is 1.38 bits per heavy atom. The van der Waals surface area contributed by atoms with Gasteiger partial charge in [0.05, 0.1) is 12.6 Å². The van der Waals surface area contributed by atoms with Crippen LogP contribution in [0, 0.1) is 0 Å². The lowest BCUT2D eigenvalue weighted by Crippen LogP contribution is -2.43. The fourth-order valence-corrected chi connectivity index (χ4v) is 0.936. The molecule has 0 aromatic rings. The van der Waals surface area contributed by atoms with Gasteiger partial charge in [0.2, 0.25) is 5.91 Å². The second-order valence-corrected chi connectivity index (χ2v) is 3.26. The van der Waals surface area contributed by atoms with E-state index in [1.165, 1.54) is 0 Å². The second kappa shape index (κ2) is 7.45. The molecule has 0 aliphatic carbocycles. The molecule has 4 nitrogen and oxygen atoms in total. The molecule has 1 amide bonds. The molecule has 0 spiro atoms. The van der Waals surface area contributed by atoms with Gasteiger partial charge in [0.15, 0.2) is 0 Å². The highest BCUT2D eigenvalue weighted by Gasteiger charge is 2.28. The Hall–Kier alpha value is -0.820. The number of amides is 1. The lowest BCUT2D eigenvalue weighted by molar-refractivity contribution is -0.323. The van der Waals surface area contributed by atoms with E-state index in [1.54, 1.807) is 6.92 Å². The highest BCUT2D eigenvalue weighted by atomic mass is 19.4. The largest absolute Gasteiger partial charge is 0.522 e. The summed E-state index contributed by atoms with van der Waals surface area (Å²) in [4.78, 5) is 11.3. The summed E-state index contributed by atoms with van der Waals surface area (Å²) in [5.74, 6) is -0.228. The number of halogens is 3. The molecule has 2 N–H and O–H groups in total. The average Bonchev–Trinajstić information content (AvgIpc) is 2.19. The third-order valence-electron chi connectivity index (χ3n) is 1.76. The first-order chi connectivity index (χ1) is 7.37. The van der Waals surface area contributed by atoms with Crippen LogP contribution in [-0.4, -0.2) is 38.0 Å². The fraction of sp³-hybridized carbons (Fsp3) is 0.889. The molecular formula is C9H17F3N2O2. The summed E-state index contributed by atoms with van der Waals surface area (Å²) in [7, 11) is 0. The van der Waals surface area contributed by atoms with Crippen molar-refractivity contribution in [3.8, 4) is 0 Å². The molecule has 0 fully saturated rings.